The third-order valence-electron chi connectivity index (χ3n) is 5.73. The summed E-state index contributed by atoms with van der Waals surface area (Å²) in [5.74, 6) is 2.64. The van der Waals surface area contributed by atoms with E-state index in [-0.39, 0.29) is 12.5 Å². The number of para-hydroxylation sites is 2. The van der Waals surface area contributed by atoms with Gasteiger partial charge in [0, 0.05) is 24.3 Å². The number of anilines is 2. The van der Waals surface area contributed by atoms with E-state index in [1.165, 1.54) is 12.8 Å². The Morgan fingerprint density at radius 2 is 1.67 bits per heavy atom. The first-order valence-corrected chi connectivity index (χ1v) is 11.5. The van der Waals surface area contributed by atoms with Crippen LogP contribution in [0.25, 0.3) is 11.3 Å². The number of amides is 1. The number of nitrogens with one attached hydrogen (secondary N) is 1. The molecular weight excluding hydrogens is 416 g/mol. The number of hydrogen-bond donors (Lipinski definition) is 1. The lowest BCUT2D eigenvalue weighted by Gasteiger charge is -2.30. The Hall–Kier alpha value is -3.61. The number of nitrogens with zero attached hydrogens (tertiary/aromatic N) is 3. The number of piperidine rings is 1. The number of carbonyl (C=O) groups excluding carboxylic acids is 1. The Labute approximate surface area is 194 Å². The molecule has 0 atom stereocenters. The van der Waals surface area contributed by atoms with Crippen LogP contribution in [-0.2, 0) is 4.79 Å². The number of rotatable bonds is 8. The molecule has 0 bridgehead atoms. The van der Waals surface area contributed by atoms with Crippen molar-refractivity contribution in [3.8, 4) is 22.8 Å². The third kappa shape index (κ3) is 6.00. The fourth-order valence-electron chi connectivity index (χ4n) is 3.79. The molecule has 1 aliphatic heterocycles. The maximum atomic E-state index is 12.3. The molecule has 0 spiro atoms. The largest absolute Gasteiger partial charge is 0.490 e. The van der Waals surface area contributed by atoms with E-state index >= 15 is 0 Å². The van der Waals surface area contributed by atoms with Gasteiger partial charge in [-0.15, -0.1) is 10.2 Å². The van der Waals surface area contributed by atoms with Gasteiger partial charge in [0.2, 0.25) is 0 Å². The molecule has 2 heterocycles. The molecule has 1 aromatic heterocycles. The van der Waals surface area contributed by atoms with Crippen LogP contribution in [0.15, 0.2) is 60.7 Å². The molecule has 172 valence electrons. The van der Waals surface area contributed by atoms with E-state index in [4.69, 9.17) is 9.47 Å². The maximum Gasteiger partial charge on any atom is 0.262 e. The summed E-state index contributed by atoms with van der Waals surface area (Å²) in [7, 11) is 0. The van der Waals surface area contributed by atoms with Gasteiger partial charge in [-0.05, 0) is 62.1 Å². The Bertz CT molecular complexity index is 1050. The highest BCUT2D eigenvalue weighted by Crippen LogP contribution is 2.27. The molecular formula is C26H30N4O3. The van der Waals surface area contributed by atoms with Gasteiger partial charge in [0.25, 0.3) is 5.91 Å². The quantitative estimate of drug-likeness (QED) is 0.536. The minimum atomic E-state index is -0.242. The van der Waals surface area contributed by atoms with Crippen molar-refractivity contribution in [3.05, 3.63) is 60.7 Å². The molecule has 1 saturated heterocycles. The highest BCUT2D eigenvalue weighted by molar-refractivity contribution is 5.92. The van der Waals surface area contributed by atoms with Crippen molar-refractivity contribution in [3.63, 3.8) is 0 Å². The molecule has 4 rings (SSSR count). The van der Waals surface area contributed by atoms with Crippen LogP contribution in [0.5, 0.6) is 11.5 Å². The van der Waals surface area contributed by atoms with Gasteiger partial charge in [-0.25, -0.2) is 0 Å². The zero-order chi connectivity index (χ0) is 23.0. The lowest BCUT2D eigenvalue weighted by Crippen LogP contribution is -2.33. The first-order valence-electron chi connectivity index (χ1n) is 11.5. The smallest absolute Gasteiger partial charge is 0.262 e. The van der Waals surface area contributed by atoms with E-state index in [1.54, 1.807) is 6.07 Å². The van der Waals surface area contributed by atoms with Crippen LogP contribution >= 0.6 is 0 Å². The molecule has 1 amide bonds. The first-order chi connectivity index (χ1) is 16.1. The Kier molecular flexibility index (Phi) is 7.40. The summed E-state index contributed by atoms with van der Waals surface area (Å²) in [6.45, 7) is 6.70. The van der Waals surface area contributed by atoms with Crippen LogP contribution in [0, 0.1) is 5.92 Å². The second kappa shape index (κ2) is 10.8. The molecule has 3 aromatic rings. The van der Waals surface area contributed by atoms with Crippen LogP contribution in [0.2, 0.25) is 0 Å². The fourth-order valence-corrected chi connectivity index (χ4v) is 3.79. The zero-order valence-electron chi connectivity index (χ0n) is 19.2. The van der Waals surface area contributed by atoms with Crippen molar-refractivity contribution in [2.75, 3.05) is 36.5 Å². The van der Waals surface area contributed by atoms with Crippen molar-refractivity contribution in [1.82, 2.24) is 10.2 Å². The van der Waals surface area contributed by atoms with Gasteiger partial charge in [-0.3, -0.25) is 4.79 Å². The van der Waals surface area contributed by atoms with Crippen molar-refractivity contribution in [2.45, 2.75) is 26.7 Å². The molecule has 7 heteroatoms. The van der Waals surface area contributed by atoms with Gasteiger partial charge in [0.15, 0.2) is 23.9 Å². The second-order valence-electron chi connectivity index (χ2n) is 8.24. The Balaban J connectivity index is 1.31. The van der Waals surface area contributed by atoms with Crippen LogP contribution in [0.4, 0.5) is 11.5 Å². The maximum absolute atomic E-state index is 12.3. The minimum Gasteiger partial charge on any atom is -0.490 e. The zero-order valence-corrected chi connectivity index (χ0v) is 19.2. The molecule has 1 N–H and O–H groups in total. The van der Waals surface area contributed by atoms with Gasteiger partial charge >= 0.3 is 0 Å². The van der Waals surface area contributed by atoms with Crippen molar-refractivity contribution in [1.29, 1.82) is 0 Å². The van der Waals surface area contributed by atoms with Gasteiger partial charge < -0.3 is 19.7 Å². The average molecular weight is 447 g/mol. The number of benzene rings is 2. The second-order valence-corrected chi connectivity index (χ2v) is 8.24. The number of carbonyl (C=O) groups is 1. The third-order valence-corrected chi connectivity index (χ3v) is 5.73. The summed E-state index contributed by atoms with van der Waals surface area (Å²) >= 11 is 0. The summed E-state index contributed by atoms with van der Waals surface area (Å²) in [6.07, 6.45) is 2.39. The Morgan fingerprint density at radius 3 is 2.30 bits per heavy atom. The topological polar surface area (TPSA) is 76.6 Å². The molecule has 0 unspecified atom stereocenters. The van der Waals surface area contributed by atoms with Gasteiger partial charge in [0.05, 0.1) is 12.3 Å². The van der Waals surface area contributed by atoms with E-state index in [9.17, 15) is 4.79 Å². The monoisotopic (exact) mass is 446 g/mol. The van der Waals surface area contributed by atoms with E-state index in [1.807, 2.05) is 61.5 Å². The van der Waals surface area contributed by atoms with Crippen LogP contribution < -0.4 is 19.7 Å². The molecule has 7 nitrogen and oxygen atoms in total. The van der Waals surface area contributed by atoms with Crippen molar-refractivity contribution in [2.24, 2.45) is 5.92 Å². The number of hydrogen-bond acceptors (Lipinski definition) is 6. The molecule has 2 aromatic carbocycles. The molecule has 1 fully saturated rings. The highest BCUT2D eigenvalue weighted by atomic mass is 16.5. The average Bonchev–Trinajstić information content (AvgIpc) is 2.85. The Morgan fingerprint density at radius 1 is 0.970 bits per heavy atom. The van der Waals surface area contributed by atoms with E-state index in [0.29, 0.717) is 23.8 Å². The lowest BCUT2D eigenvalue weighted by molar-refractivity contribution is -0.118. The highest BCUT2D eigenvalue weighted by Gasteiger charge is 2.17. The van der Waals surface area contributed by atoms with E-state index in [2.05, 4.69) is 27.3 Å². The summed E-state index contributed by atoms with van der Waals surface area (Å²) in [5.41, 5.74) is 2.44. The van der Waals surface area contributed by atoms with E-state index in [0.717, 1.165) is 36.1 Å². The van der Waals surface area contributed by atoms with Crippen LogP contribution in [0.3, 0.4) is 0 Å². The van der Waals surface area contributed by atoms with Crippen LogP contribution in [-0.4, -0.2) is 42.4 Å². The molecule has 1 aliphatic rings. The summed E-state index contributed by atoms with van der Waals surface area (Å²) in [5, 5.41) is 11.7. The minimum absolute atomic E-state index is 0.103. The predicted octanol–water partition coefficient (Wildman–Crippen LogP) is 4.80. The van der Waals surface area contributed by atoms with Crippen molar-refractivity contribution >= 4 is 17.4 Å². The SMILES string of the molecule is CCOc1ccccc1OCC(=O)Nc1ccc(-c2ccc(N3CCC(C)CC3)nn2)cc1. The summed E-state index contributed by atoms with van der Waals surface area (Å²) < 4.78 is 11.1. The standard InChI is InChI=1S/C26H30N4O3/c1-3-32-23-6-4-5-7-24(23)33-18-26(31)27-21-10-8-20(9-11-21)22-12-13-25(29-28-22)30-16-14-19(2)15-17-30/h4-13,19H,3,14-18H2,1-2H3,(H,27,31). The first kappa shape index (κ1) is 22.6. The fraction of sp³-hybridized carbons (Fsp3) is 0.346. The lowest BCUT2D eigenvalue weighted by atomic mass is 9.99. The normalized spacial score (nSPS) is 14.1. The molecule has 0 aliphatic carbocycles. The van der Waals surface area contributed by atoms with Gasteiger partial charge in [-0.1, -0.05) is 31.2 Å². The van der Waals surface area contributed by atoms with Crippen molar-refractivity contribution < 1.29 is 14.3 Å². The summed E-state index contributed by atoms with van der Waals surface area (Å²) in [6, 6.07) is 18.9. The number of ether oxygens (including phenoxy) is 2. The molecule has 33 heavy (non-hydrogen) atoms. The summed E-state index contributed by atoms with van der Waals surface area (Å²) in [4.78, 5) is 14.6. The number of aromatic nitrogens is 2. The van der Waals surface area contributed by atoms with Gasteiger partial charge in [-0.2, -0.15) is 0 Å². The molecule has 0 radical (unpaired) electrons. The van der Waals surface area contributed by atoms with Crippen LogP contribution in [0.1, 0.15) is 26.7 Å². The predicted molar refractivity (Wildman–Crippen MR) is 130 cm³/mol. The molecule has 0 saturated carbocycles. The van der Waals surface area contributed by atoms with Gasteiger partial charge in [0.1, 0.15) is 0 Å². The van der Waals surface area contributed by atoms with E-state index < -0.39 is 0 Å².